The number of imidazole rings is 1. The van der Waals surface area contributed by atoms with Crippen molar-refractivity contribution in [2.45, 2.75) is 43.8 Å². The van der Waals surface area contributed by atoms with E-state index in [-0.39, 0.29) is 62.7 Å². The number of hydrogen-bond donors (Lipinski definition) is 4. The number of fused-ring (bicyclic) bond motifs is 1. The van der Waals surface area contributed by atoms with Crippen LogP contribution in [0.1, 0.15) is 25.5 Å². The maximum Gasteiger partial charge on any atom is 0.328 e. The fourth-order valence-electron chi connectivity index (χ4n) is 4.09. The number of hydrogen-bond acceptors (Lipinski definition) is 20. The van der Waals surface area contributed by atoms with Gasteiger partial charge in [-0.15, -0.1) is 0 Å². The van der Waals surface area contributed by atoms with Crippen LogP contribution >= 0.6 is 15.6 Å². The summed E-state index contributed by atoms with van der Waals surface area (Å²) in [6.45, 7) is 1.05. The lowest BCUT2D eigenvalue weighted by Gasteiger charge is -2.30. The molecular weight excluding hydrogens is 704 g/mol. The molecule has 3 heterocycles. The van der Waals surface area contributed by atoms with Gasteiger partial charge in [0, 0.05) is 30.8 Å². The molecule has 3 rings (SSSR count). The van der Waals surface area contributed by atoms with Crippen molar-refractivity contribution in [3.8, 4) is 0 Å². The fraction of sp³-hybridized carbons (Fsp3) is 0.696. The zero-order chi connectivity index (χ0) is 35.9. The topological polar surface area (TPSA) is 350 Å². The molecule has 6 atom stereocenters. The Bertz CT molecular complexity index is 1530. The molecule has 3 unspecified atom stereocenters. The molecule has 1 saturated heterocycles. The number of rotatable bonds is 23. The number of nitrogens with one attached hydrogen (secondary N) is 1. The van der Waals surface area contributed by atoms with Gasteiger partial charge in [0.2, 0.25) is 5.91 Å². The second-order valence-electron chi connectivity index (χ2n) is 9.86. The van der Waals surface area contributed by atoms with E-state index in [9.17, 15) is 38.7 Å². The Hall–Kier alpha value is -3.34. The summed E-state index contributed by atoms with van der Waals surface area (Å²) in [5, 5.41) is 26.6. The van der Waals surface area contributed by atoms with E-state index in [2.05, 4.69) is 43.7 Å². The first kappa shape index (κ1) is 40.1. The molecule has 0 aliphatic carbocycles. The highest BCUT2D eigenvalue weighted by Gasteiger charge is 2.45. The third-order valence-electron chi connectivity index (χ3n) is 6.31. The number of aromatic nitrogens is 4. The lowest BCUT2D eigenvalue weighted by molar-refractivity contribution is -0.244. The van der Waals surface area contributed by atoms with Crippen molar-refractivity contribution in [3.63, 3.8) is 0 Å². The van der Waals surface area contributed by atoms with E-state index in [4.69, 9.17) is 30.2 Å². The molecule has 5 N–H and O–H groups in total. The van der Waals surface area contributed by atoms with Gasteiger partial charge >= 0.3 is 13.8 Å². The molecule has 26 heteroatoms. The average molecular weight is 740 g/mol. The summed E-state index contributed by atoms with van der Waals surface area (Å²) in [4.78, 5) is 62.4. The number of amides is 1. The van der Waals surface area contributed by atoms with Crippen LogP contribution in [0.15, 0.2) is 17.8 Å². The predicted molar refractivity (Wildman–Crippen MR) is 157 cm³/mol. The van der Waals surface area contributed by atoms with E-state index in [1.54, 1.807) is 0 Å². The van der Waals surface area contributed by atoms with Gasteiger partial charge < -0.3 is 59.0 Å². The van der Waals surface area contributed by atoms with Gasteiger partial charge in [-0.25, -0.2) is 19.3 Å². The maximum atomic E-state index is 12.2. The number of azide groups is 1. The average Bonchev–Trinajstić information content (AvgIpc) is 3.58. The number of anilines is 1. The largest absolute Gasteiger partial charge is 0.756 e. The van der Waals surface area contributed by atoms with E-state index in [1.165, 1.54) is 10.9 Å². The number of ether oxygens (including phenoxy) is 4. The second-order valence-corrected chi connectivity index (χ2v) is 12.7. The van der Waals surface area contributed by atoms with Crippen LogP contribution in [0, 0.1) is 0 Å². The number of nitrogens with two attached hydrogens (primary N) is 1. The van der Waals surface area contributed by atoms with Gasteiger partial charge in [0.05, 0.1) is 52.6 Å². The highest BCUT2D eigenvalue weighted by atomic mass is 31.3. The quantitative estimate of drug-likeness (QED) is 0.0320. The zero-order valence-corrected chi connectivity index (χ0v) is 27.5. The van der Waals surface area contributed by atoms with Crippen LogP contribution in [0.4, 0.5) is 5.82 Å². The van der Waals surface area contributed by atoms with Crippen molar-refractivity contribution in [3.05, 3.63) is 23.1 Å². The number of phosphoric acid groups is 2. The molecule has 49 heavy (non-hydrogen) atoms. The SMILES string of the molecule is [N-]=[N+]=NCCOCCOCCOCCNC(=O)CCCC(=O)OP(=O)([O-])OP(=O)([O-])OC[C@H]1O[C@@H](n2cnc3c(N)ncnc32)[C@@H](O)C1O. The van der Waals surface area contributed by atoms with Crippen molar-refractivity contribution < 1.29 is 71.0 Å². The Labute approximate surface area is 277 Å². The van der Waals surface area contributed by atoms with Crippen molar-refractivity contribution >= 4 is 44.5 Å². The molecule has 1 aliphatic heterocycles. The molecular formula is C23H35N9O15P2-2. The molecule has 0 bridgehead atoms. The third kappa shape index (κ3) is 13.5. The second kappa shape index (κ2) is 19.7. The van der Waals surface area contributed by atoms with E-state index >= 15 is 0 Å². The summed E-state index contributed by atoms with van der Waals surface area (Å²) in [6, 6.07) is 0. The third-order valence-corrected chi connectivity index (χ3v) is 8.80. The van der Waals surface area contributed by atoms with Crippen LogP contribution in [0.25, 0.3) is 21.6 Å². The normalized spacial score (nSPS) is 21.5. The minimum atomic E-state index is -5.79. The number of nitrogen functional groups attached to an aromatic ring is 1. The Morgan fingerprint density at radius 2 is 1.73 bits per heavy atom. The number of carbonyl (C=O) groups excluding carboxylic acids is 2. The van der Waals surface area contributed by atoms with Crippen LogP contribution < -0.4 is 20.8 Å². The van der Waals surface area contributed by atoms with Gasteiger partial charge in [0.1, 0.15) is 30.2 Å². The Balaban J connectivity index is 1.28. The standard InChI is InChI=1S/C23H37N9O15P2/c24-21-18-22(28-13-27-21)32(14-29-18)23-20(36)19(35)15(45-23)12-44-48(37,38)47-49(39,40)46-17(34)3-1-2-16(33)26-4-6-41-8-10-43-11-9-42-7-5-30-31-25/h13-15,19-20,23,35-36H,1-12H2,(H,26,33)(H,37,38)(H,39,40)(H2,24,27,28)/p-2/t15-,19?,20+,23-/m1/s1. The van der Waals surface area contributed by atoms with Crippen LogP contribution in [-0.4, -0.2) is 119 Å². The van der Waals surface area contributed by atoms with E-state index < -0.39 is 65.1 Å². The van der Waals surface area contributed by atoms with Gasteiger partial charge in [-0.05, 0) is 12.0 Å². The van der Waals surface area contributed by atoms with Crippen LogP contribution in [0.5, 0.6) is 0 Å². The lowest BCUT2D eigenvalue weighted by atomic mass is 10.1. The van der Waals surface area contributed by atoms with Crippen molar-refractivity contribution in [2.24, 2.45) is 5.11 Å². The summed E-state index contributed by atoms with van der Waals surface area (Å²) in [5.41, 5.74) is 14.2. The lowest BCUT2D eigenvalue weighted by Crippen LogP contribution is -2.34. The molecule has 0 radical (unpaired) electrons. The predicted octanol–water partition coefficient (Wildman–Crippen LogP) is -1.81. The molecule has 1 aliphatic rings. The highest BCUT2D eigenvalue weighted by molar-refractivity contribution is 7.60. The van der Waals surface area contributed by atoms with Crippen molar-refractivity contribution in [1.82, 2.24) is 24.8 Å². The molecule has 2 aromatic rings. The summed E-state index contributed by atoms with van der Waals surface area (Å²) < 4.78 is 59.1. The van der Waals surface area contributed by atoms with Crippen LogP contribution in [-0.2, 0) is 51.0 Å². The minimum absolute atomic E-state index is 0.0339. The van der Waals surface area contributed by atoms with E-state index in [1.807, 2.05) is 0 Å². The van der Waals surface area contributed by atoms with Gasteiger partial charge in [-0.3, -0.25) is 23.3 Å². The molecule has 2 aromatic heterocycles. The molecule has 0 saturated carbocycles. The molecule has 24 nitrogen and oxygen atoms in total. The highest BCUT2D eigenvalue weighted by Crippen LogP contribution is 2.56. The minimum Gasteiger partial charge on any atom is -0.756 e. The smallest absolute Gasteiger partial charge is 0.328 e. The van der Waals surface area contributed by atoms with Crippen molar-refractivity contribution in [1.29, 1.82) is 0 Å². The van der Waals surface area contributed by atoms with E-state index in [0.717, 1.165) is 6.33 Å². The van der Waals surface area contributed by atoms with Gasteiger partial charge in [0.15, 0.2) is 17.7 Å². The Kier molecular flexibility index (Phi) is 16.2. The number of nitrogens with zero attached hydrogens (tertiary/aromatic N) is 7. The molecule has 274 valence electrons. The van der Waals surface area contributed by atoms with E-state index in [0.29, 0.717) is 19.8 Å². The van der Waals surface area contributed by atoms with Crippen LogP contribution in [0.2, 0.25) is 0 Å². The van der Waals surface area contributed by atoms with Crippen LogP contribution in [0.3, 0.4) is 0 Å². The number of aliphatic hydroxyl groups excluding tert-OH is 2. The summed E-state index contributed by atoms with van der Waals surface area (Å²) in [5.74, 6) is -1.83. The first-order valence-corrected chi connectivity index (χ1v) is 17.4. The fourth-order valence-corrected chi connectivity index (χ4v) is 6.06. The summed E-state index contributed by atoms with van der Waals surface area (Å²) in [6.07, 6.45) is -4.71. The molecule has 1 amide bonds. The first-order valence-electron chi connectivity index (χ1n) is 14.5. The number of phosphoric ester groups is 2. The van der Waals surface area contributed by atoms with Crippen molar-refractivity contribution in [2.75, 3.05) is 65.1 Å². The molecule has 0 spiro atoms. The number of aliphatic hydroxyl groups is 2. The Morgan fingerprint density at radius 1 is 1.04 bits per heavy atom. The molecule has 1 fully saturated rings. The van der Waals surface area contributed by atoms with Gasteiger partial charge in [-0.2, -0.15) is 0 Å². The first-order chi connectivity index (χ1) is 23.3. The molecule has 0 aromatic carbocycles. The van der Waals surface area contributed by atoms with Gasteiger partial charge in [0.25, 0.3) is 7.82 Å². The van der Waals surface area contributed by atoms with Gasteiger partial charge in [-0.1, -0.05) is 5.11 Å². The zero-order valence-electron chi connectivity index (χ0n) is 25.8. The number of carbonyl (C=O) groups is 2. The maximum absolute atomic E-state index is 12.2. The Morgan fingerprint density at radius 3 is 2.45 bits per heavy atom. The summed E-state index contributed by atoms with van der Waals surface area (Å²) >= 11 is 0. The summed E-state index contributed by atoms with van der Waals surface area (Å²) in [7, 11) is -11.5. The monoisotopic (exact) mass is 739 g/mol.